The van der Waals surface area contributed by atoms with Gasteiger partial charge in [-0.3, -0.25) is 9.59 Å². The van der Waals surface area contributed by atoms with Gasteiger partial charge in [0.15, 0.2) is 0 Å². The van der Waals surface area contributed by atoms with Crippen LogP contribution in [0.15, 0.2) is 104 Å². The topological polar surface area (TPSA) is 114 Å². The summed E-state index contributed by atoms with van der Waals surface area (Å²) in [4.78, 5) is 42.5. The highest BCUT2D eigenvalue weighted by molar-refractivity contribution is 5.88. The average molecular weight is 596 g/mol. The van der Waals surface area contributed by atoms with E-state index in [1.165, 1.54) is 0 Å². The van der Waals surface area contributed by atoms with Crippen LogP contribution >= 0.6 is 0 Å². The number of benzene rings is 3. The quantitative estimate of drug-likeness (QED) is 0.204. The van der Waals surface area contributed by atoms with E-state index in [4.69, 9.17) is 9.72 Å². The summed E-state index contributed by atoms with van der Waals surface area (Å²) in [7, 11) is 0. The zero-order valence-electron chi connectivity index (χ0n) is 25.7. The summed E-state index contributed by atoms with van der Waals surface area (Å²) < 4.78 is 7.29. The van der Waals surface area contributed by atoms with Crippen molar-refractivity contribution in [2.24, 2.45) is 0 Å². The molecule has 230 valence electrons. The van der Waals surface area contributed by atoms with Crippen LogP contribution < -0.4 is 16.0 Å². The van der Waals surface area contributed by atoms with E-state index >= 15 is 0 Å². The molecule has 0 aliphatic heterocycles. The van der Waals surface area contributed by atoms with Crippen molar-refractivity contribution in [3.63, 3.8) is 0 Å². The molecule has 0 bridgehead atoms. The molecule has 0 spiro atoms. The van der Waals surface area contributed by atoms with E-state index in [1.807, 2.05) is 67.7 Å². The molecule has 1 aromatic heterocycles. The molecule has 0 unspecified atom stereocenters. The number of hydrogen-bond acceptors (Lipinski definition) is 5. The third-order valence-corrected chi connectivity index (χ3v) is 7.03. The molecule has 4 rings (SSSR count). The molecule has 0 saturated carbocycles. The number of alkyl carbamates (subject to hydrolysis) is 1. The summed E-state index contributed by atoms with van der Waals surface area (Å²) in [5.74, 6) is -0.681. The molecule has 4 aromatic rings. The van der Waals surface area contributed by atoms with Crippen molar-refractivity contribution >= 4 is 17.9 Å². The monoisotopic (exact) mass is 595 g/mol. The Labute approximate surface area is 259 Å². The molecule has 0 radical (unpaired) electrons. The van der Waals surface area contributed by atoms with Crippen molar-refractivity contribution in [1.82, 2.24) is 25.5 Å². The average Bonchev–Trinajstić information content (AvgIpc) is 3.47. The van der Waals surface area contributed by atoms with Crippen LogP contribution in [0.25, 0.3) is 0 Å². The maximum absolute atomic E-state index is 13.0. The number of rotatable bonds is 12. The highest BCUT2D eigenvalue weighted by Crippen LogP contribution is 2.40. The maximum atomic E-state index is 13.0. The normalized spacial score (nSPS) is 12.2. The van der Waals surface area contributed by atoms with Crippen LogP contribution in [-0.2, 0) is 26.3 Å². The summed E-state index contributed by atoms with van der Waals surface area (Å²) in [5.41, 5.74) is 2.40. The second-order valence-electron chi connectivity index (χ2n) is 11.5. The maximum Gasteiger partial charge on any atom is 0.407 e. The Balaban J connectivity index is 1.62. The highest BCUT2D eigenvalue weighted by Gasteiger charge is 2.38. The van der Waals surface area contributed by atoms with Gasteiger partial charge in [-0.15, -0.1) is 0 Å². The van der Waals surface area contributed by atoms with Crippen molar-refractivity contribution in [2.45, 2.75) is 57.7 Å². The van der Waals surface area contributed by atoms with E-state index < -0.39 is 23.3 Å². The molecule has 9 nitrogen and oxygen atoms in total. The first-order valence-corrected chi connectivity index (χ1v) is 14.9. The molecule has 0 aliphatic rings. The van der Waals surface area contributed by atoms with E-state index in [-0.39, 0.29) is 31.2 Å². The molecule has 3 amide bonds. The third-order valence-electron chi connectivity index (χ3n) is 7.03. The van der Waals surface area contributed by atoms with Gasteiger partial charge in [-0.25, -0.2) is 9.78 Å². The van der Waals surface area contributed by atoms with Gasteiger partial charge < -0.3 is 25.3 Å². The summed E-state index contributed by atoms with van der Waals surface area (Å²) in [5, 5.41) is 8.21. The molecule has 1 atom stereocenters. The van der Waals surface area contributed by atoms with Gasteiger partial charge in [0, 0.05) is 32.1 Å². The lowest BCUT2D eigenvalue weighted by Crippen LogP contribution is -2.48. The van der Waals surface area contributed by atoms with Gasteiger partial charge in [-0.2, -0.15) is 0 Å². The number of carbonyl (C=O) groups is 3. The zero-order chi connectivity index (χ0) is 31.6. The first-order valence-electron chi connectivity index (χ1n) is 14.9. The van der Waals surface area contributed by atoms with Crippen LogP contribution in [0.4, 0.5) is 4.79 Å². The highest BCUT2D eigenvalue weighted by atomic mass is 16.6. The smallest absolute Gasteiger partial charge is 0.407 e. The van der Waals surface area contributed by atoms with E-state index in [9.17, 15) is 14.4 Å². The van der Waals surface area contributed by atoms with Gasteiger partial charge in [0.2, 0.25) is 11.8 Å². The summed E-state index contributed by atoms with van der Waals surface area (Å²) in [6.45, 7) is 7.61. The molecule has 3 aromatic carbocycles. The lowest BCUT2D eigenvalue weighted by atomic mass is 9.77. The third kappa shape index (κ3) is 7.92. The van der Waals surface area contributed by atoms with Crippen molar-refractivity contribution < 1.29 is 19.1 Å². The van der Waals surface area contributed by atoms with Gasteiger partial charge >= 0.3 is 6.09 Å². The Bertz CT molecular complexity index is 1420. The first-order chi connectivity index (χ1) is 21.1. The van der Waals surface area contributed by atoms with Gasteiger partial charge in [0.25, 0.3) is 0 Å². The van der Waals surface area contributed by atoms with Crippen molar-refractivity contribution in [1.29, 1.82) is 0 Å². The Morgan fingerprint density at radius 3 is 1.82 bits per heavy atom. The number of nitrogens with one attached hydrogen (secondary N) is 3. The molecule has 1 heterocycles. The van der Waals surface area contributed by atoms with Crippen molar-refractivity contribution in [3.8, 4) is 0 Å². The molecular weight excluding hydrogens is 554 g/mol. The number of ether oxygens (including phenoxy) is 1. The van der Waals surface area contributed by atoms with Crippen LogP contribution in [0.3, 0.4) is 0 Å². The lowest BCUT2D eigenvalue weighted by Gasteiger charge is -2.37. The number of nitrogens with zero attached hydrogens (tertiary/aromatic N) is 2. The number of amides is 3. The standard InChI is InChI=1S/C35H41N5O4/c1-5-36-32(42)30(39-31(41)21-22-37-33(43)44-34(2,3)4)23-29-24-40(25-38-29)35(26-15-9-6-10-16-26,27-17-11-7-12-18-27)28-19-13-8-14-20-28/h6-20,24-25,30H,5,21-23H2,1-4H3,(H,36,42)(H,37,43)(H,39,41)/t30-/m0/s1. The molecule has 0 fully saturated rings. The Morgan fingerprint density at radius 2 is 1.34 bits per heavy atom. The molecule has 9 heteroatoms. The predicted octanol–water partition coefficient (Wildman–Crippen LogP) is 4.80. The van der Waals surface area contributed by atoms with Crippen LogP contribution in [-0.4, -0.2) is 52.2 Å². The second kappa shape index (κ2) is 14.5. The minimum atomic E-state index is -0.855. The van der Waals surface area contributed by atoms with Crippen LogP contribution in [0, 0.1) is 0 Å². The van der Waals surface area contributed by atoms with E-state index in [0.717, 1.165) is 16.7 Å². The van der Waals surface area contributed by atoms with Gasteiger partial charge in [0.05, 0.1) is 12.0 Å². The molecular formula is C35H41N5O4. The van der Waals surface area contributed by atoms with Gasteiger partial charge in [0.1, 0.15) is 17.2 Å². The van der Waals surface area contributed by atoms with E-state index in [0.29, 0.717) is 12.2 Å². The molecule has 44 heavy (non-hydrogen) atoms. The fourth-order valence-electron chi connectivity index (χ4n) is 5.21. The minimum absolute atomic E-state index is 0.0112. The Kier molecular flexibility index (Phi) is 10.6. The number of carbonyl (C=O) groups excluding carboxylic acids is 3. The van der Waals surface area contributed by atoms with Gasteiger partial charge in [-0.05, 0) is 44.4 Å². The van der Waals surface area contributed by atoms with Gasteiger partial charge in [-0.1, -0.05) is 91.0 Å². The molecule has 3 N–H and O–H groups in total. The number of imidazole rings is 1. The SMILES string of the molecule is CCNC(=O)[C@H](Cc1cn(C(c2ccccc2)(c2ccccc2)c2ccccc2)cn1)NC(=O)CCNC(=O)OC(C)(C)C. The van der Waals surface area contributed by atoms with Crippen LogP contribution in [0.1, 0.15) is 56.5 Å². The minimum Gasteiger partial charge on any atom is -0.444 e. The summed E-state index contributed by atoms with van der Waals surface area (Å²) in [6.07, 6.45) is 3.29. The number of aromatic nitrogens is 2. The zero-order valence-corrected chi connectivity index (χ0v) is 25.7. The fourth-order valence-corrected chi connectivity index (χ4v) is 5.21. The van der Waals surface area contributed by atoms with E-state index in [1.54, 1.807) is 27.1 Å². The summed E-state index contributed by atoms with van der Waals surface area (Å²) in [6, 6.07) is 29.8. The Hall–Kier alpha value is -4.92. The summed E-state index contributed by atoms with van der Waals surface area (Å²) >= 11 is 0. The molecule has 0 aliphatic carbocycles. The number of hydrogen-bond donors (Lipinski definition) is 3. The lowest BCUT2D eigenvalue weighted by molar-refractivity contribution is -0.128. The molecule has 0 saturated heterocycles. The van der Waals surface area contributed by atoms with Crippen LogP contribution in [0.2, 0.25) is 0 Å². The van der Waals surface area contributed by atoms with E-state index in [2.05, 4.69) is 56.9 Å². The largest absolute Gasteiger partial charge is 0.444 e. The second-order valence-corrected chi connectivity index (χ2v) is 11.5. The number of likely N-dealkylation sites (N-methyl/N-ethyl adjacent to an activating group) is 1. The van der Waals surface area contributed by atoms with Crippen molar-refractivity contribution in [2.75, 3.05) is 13.1 Å². The first kappa shape index (κ1) is 32.0. The Morgan fingerprint density at radius 1 is 0.818 bits per heavy atom. The fraction of sp³-hybridized carbons (Fsp3) is 0.314. The predicted molar refractivity (Wildman–Crippen MR) is 170 cm³/mol. The van der Waals surface area contributed by atoms with Crippen LogP contribution in [0.5, 0.6) is 0 Å². The van der Waals surface area contributed by atoms with Crippen molar-refractivity contribution in [3.05, 3.63) is 126 Å².